The first-order valence-corrected chi connectivity index (χ1v) is 48.2. The van der Waals surface area contributed by atoms with E-state index < -0.39 is 0 Å². The predicted octanol–water partition coefficient (Wildman–Crippen LogP) is 30.1. The van der Waals surface area contributed by atoms with E-state index in [2.05, 4.69) is 457 Å². The first kappa shape index (κ1) is 96.3. The van der Waals surface area contributed by atoms with Crippen molar-refractivity contribution in [3.8, 4) is 56.3 Å². The summed E-state index contributed by atoms with van der Waals surface area (Å²) in [6.07, 6.45) is 22.1. The molecule has 1 aliphatic carbocycles. The molecule has 10 aromatic carbocycles. The highest BCUT2D eigenvalue weighted by Crippen LogP contribution is 2.42. The molecule has 1 aliphatic rings. The fraction of sp³-hybridized carbons (Fsp3) is 0.390. The number of aromatic nitrogens is 5. The molecule has 5 aromatic heterocycles. The quantitative estimate of drug-likeness (QED) is 0.0810. The lowest BCUT2D eigenvalue weighted by molar-refractivity contribution is -0.659. The molecular weight excluding hydrogens is 1550 g/mol. The van der Waals surface area contributed by atoms with Crippen molar-refractivity contribution in [3.63, 3.8) is 0 Å². The van der Waals surface area contributed by atoms with Crippen LogP contribution in [0.3, 0.4) is 0 Å². The minimum absolute atomic E-state index is 0.140. The molecule has 5 heterocycles. The lowest BCUT2D eigenvalue weighted by Gasteiger charge is -2.22. The Morgan fingerprint density at radius 3 is 0.891 bits per heavy atom. The number of hydrogen-bond donors (Lipinski definition) is 0. The van der Waals surface area contributed by atoms with Crippen molar-refractivity contribution in [1.29, 1.82) is 0 Å². The zero-order valence-electron chi connectivity index (χ0n) is 84.4. The van der Waals surface area contributed by atoms with Crippen molar-refractivity contribution in [2.24, 2.45) is 64.8 Å². The largest absolute Gasteiger partial charge is 0.220 e. The molecule has 0 unspecified atom stereocenters. The normalized spacial score (nSPS) is 12.4. The highest BCUT2D eigenvalue weighted by molar-refractivity contribution is 5.98. The van der Waals surface area contributed by atoms with Gasteiger partial charge in [-0.1, -0.05) is 225 Å². The number of fused-ring (bicyclic) bond motifs is 5. The van der Waals surface area contributed by atoms with Gasteiger partial charge >= 0.3 is 0 Å². The zero-order valence-corrected chi connectivity index (χ0v) is 84.4. The van der Waals surface area contributed by atoms with Crippen LogP contribution in [0, 0.1) is 106 Å². The summed E-state index contributed by atoms with van der Waals surface area (Å²) in [5.41, 5.74) is 40.0. The van der Waals surface area contributed by atoms with Gasteiger partial charge in [-0.25, -0.2) is 22.8 Å². The third kappa shape index (κ3) is 22.7. The van der Waals surface area contributed by atoms with Crippen LogP contribution in [-0.2, 0) is 72.8 Å². The minimum atomic E-state index is 0.140. The summed E-state index contributed by atoms with van der Waals surface area (Å²) in [6, 6.07) is 71.9. The Hall–Kier alpha value is -10.8. The zero-order chi connectivity index (χ0) is 92.8. The summed E-state index contributed by atoms with van der Waals surface area (Å²) in [4.78, 5) is 0. The lowest BCUT2D eigenvalue weighted by atomic mass is 9.82. The van der Waals surface area contributed by atoms with Crippen molar-refractivity contribution < 1.29 is 22.8 Å². The minimum Gasteiger partial charge on any atom is -0.200 e. The second-order valence-electron chi connectivity index (χ2n) is 41.9. The lowest BCUT2D eigenvalue weighted by Crippen LogP contribution is -2.31. The number of pyridine rings is 5. The monoisotopic (exact) mass is 1700 g/mol. The van der Waals surface area contributed by atoms with Gasteiger partial charge in [0.25, 0.3) is 0 Å². The fourth-order valence-electron chi connectivity index (χ4n) is 19.7. The Morgan fingerprint density at radius 1 is 0.273 bits per heavy atom. The van der Waals surface area contributed by atoms with Gasteiger partial charge in [-0.15, -0.1) is 0 Å². The van der Waals surface area contributed by atoms with Gasteiger partial charge in [-0.2, -0.15) is 0 Å². The van der Waals surface area contributed by atoms with Crippen LogP contribution in [0.4, 0.5) is 0 Å². The van der Waals surface area contributed by atoms with Crippen molar-refractivity contribution in [1.82, 2.24) is 0 Å². The van der Waals surface area contributed by atoms with Gasteiger partial charge in [0, 0.05) is 35.9 Å². The third-order valence-electron chi connectivity index (χ3n) is 27.1. The SMILES string of the molecule is Cc1cc(C(C)(C)C)cc(-c2c3ccc(CC(C)C)cc3cc[n+]2C)c1C.Cc1cc(C(C)C)cc(-c2c3ccc(CC(C)C)cc3cc[n+]2C)c1C.Cc1cc(C)c(C)c(-c2c3ccc(CC(C)C)cc3cc[n+]2C)c1.Cc1cc(C2CCCC2)cc(-c2c3ccc(CC(C)C)cc3cc[n+]2C)c1C.Cc1ccc(C)c(-c2c3ccc(CC(C)C)cc3cc[n+]2C)c1. The maximum absolute atomic E-state index is 2.50. The van der Waals surface area contributed by atoms with E-state index >= 15 is 0 Å². The van der Waals surface area contributed by atoms with Crippen molar-refractivity contribution in [2.45, 2.75) is 255 Å². The second-order valence-corrected chi connectivity index (χ2v) is 41.9. The summed E-state index contributed by atoms with van der Waals surface area (Å²) in [6.45, 7) is 58.8. The van der Waals surface area contributed by atoms with Gasteiger partial charge in [0.1, 0.15) is 35.2 Å². The van der Waals surface area contributed by atoms with Crippen LogP contribution in [-0.4, -0.2) is 0 Å². The molecular formula is C123H154N5+5. The van der Waals surface area contributed by atoms with Crippen LogP contribution >= 0.6 is 0 Å². The summed E-state index contributed by atoms with van der Waals surface area (Å²) in [5, 5.41) is 13.4. The smallest absolute Gasteiger partial charge is 0.200 e. The van der Waals surface area contributed by atoms with E-state index in [1.165, 1.54) is 236 Å². The maximum atomic E-state index is 2.50. The van der Waals surface area contributed by atoms with Gasteiger partial charge in [-0.05, 0) is 350 Å². The van der Waals surface area contributed by atoms with E-state index in [-0.39, 0.29) is 5.41 Å². The van der Waals surface area contributed by atoms with Crippen LogP contribution in [0.2, 0.25) is 0 Å². The Kier molecular flexibility index (Phi) is 31.1. The molecule has 0 spiro atoms. The van der Waals surface area contributed by atoms with Crippen LogP contribution in [0.15, 0.2) is 219 Å². The molecule has 1 saturated carbocycles. The molecule has 5 nitrogen and oxygen atoms in total. The molecule has 0 bridgehead atoms. The maximum Gasteiger partial charge on any atom is 0.220 e. The van der Waals surface area contributed by atoms with Crippen molar-refractivity contribution >= 4 is 53.9 Å². The molecule has 16 rings (SSSR count). The third-order valence-corrected chi connectivity index (χ3v) is 27.1. The summed E-state index contributed by atoms with van der Waals surface area (Å²) >= 11 is 0. The van der Waals surface area contributed by atoms with E-state index in [0.29, 0.717) is 35.5 Å². The van der Waals surface area contributed by atoms with E-state index in [9.17, 15) is 0 Å². The molecule has 5 heteroatoms. The number of hydrogen-bond acceptors (Lipinski definition) is 0. The topological polar surface area (TPSA) is 19.4 Å². The van der Waals surface area contributed by atoms with Crippen LogP contribution in [0.25, 0.3) is 110 Å². The first-order valence-electron chi connectivity index (χ1n) is 48.2. The Labute approximate surface area is 772 Å². The molecule has 15 aromatic rings. The molecule has 0 radical (unpaired) electrons. The molecule has 0 amide bonds. The van der Waals surface area contributed by atoms with E-state index in [0.717, 1.165) is 38.0 Å². The fourth-order valence-corrected chi connectivity index (χ4v) is 19.7. The molecule has 0 atom stereocenters. The van der Waals surface area contributed by atoms with E-state index in [1.807, 2.05) is 0 Å². The highest BCUT2D eigenvalue weighted by Gasteiger charge is 2.28. The molecule has 128 heavy (non-hydrogen) atoms. The van der Waals surface area contributed by atoms with Crippen LogP contribution < -0.4 is 22.8 Å². The second kappa shape index (κ2) is 41.3. The van der Waals surface area contributed by atoms with Crippen LogP contribution in [0.1, 0.15) is 247 Å². The number of aryl methyl sites for hydroxylation is 12. The molecule has 0 aliphatic heterocycles. The Bertz CT molecular complexity index is 6540. The van der Waals surface area contributed by atoms with Crippen molar-refractivity contribution in [3.05, 3.63) is 325 Å². The highest BCUT2D eigenvalue weighted by atomic mass is 14.9. The molecule has 0 saturated heterocycles. The van der Waals surface area contributed by atoms with Gasteiger partial charge in [0.2, 0.25) is 28.5 Å². The van der Waals surface area contributed by atoms with Gasteiger partial charge in [0.15, 0.2) is 31.0 Å². The van der Waals surface area contributed by atoms with E-state index in [1.54, 1.807) is 5.56 Å². The molecule has 1 fully saturated rings. The molecule has 666 valence electrons. The van der Waals surface area contributed by atoms with E-state index in [4.69, 9.17) is 0 Å². The summed E-state index contributed by atoms with van der Waals surface area (Å²) < 4.78 is 11.4. The Balaban J connectivity index is 0.000000145. The average Bonchev–Trinajstić information content (AvgIpc) is 1.08. The van der Waals surface area contributed by atoms with Gasteiger partial charge in [0.05, 0.1) is 49.2 Å². The summed E-state index contributed by atoms with van der Waals surface area (Å²) in [5.74, 6) is 4.69. The average molecular weight is 1700 g/mol. The number of benzene rings is 10. The van der Waals surface area contributed by atoms with Gasteiger partial charge < -0.3 is 0 Å². The number of rotatable bonds is 17. The van der Waals surface area contributed by atoms with Gasteiger partial charge in [-0.3, -0.25) is 0 Å². The Morgan fingerprint density at radius 2 is 0.562 bits per heavy atom. The van der Waals surface area contributed by atoms with Crippen molar-refractivity contribution in [2.75, 3.05) is 0 Å². The first-order chi connectivity index (χ1) is 60.6. The predicted molar refractivity (Wildman–Crippen MR) is 552 cm³/mol. The standard InChI is InChI=1S/C27H34N.C26H34N.C25H32N.C23H28N.C22H26N/c1-18(2)14-21-10-11-25-23(16-21)12-13-28(5)27(25)26-17-24(15-19(3)20(26)4)22-8-6-7-9-22;1-17(2)13-20-9-10-23-21(15-20)11-12-27(8)25(23)24-16-22(26(5,6)7)14-18(3)19(24)4;1-16(2)12-20-8-9-23-21(14-20)10-11-26(7)25(23)24-15-22(17(3)4)13-18(5)19(24)6;1-15(2)11-19-7-8-21-20(14-19)9-10-24(6)23(21)22-13-16(3)12-17(4)18(22)5;1-15(2)12-18-8-9-20-19(14-18)10-11-23(5)22(20)21-13-16(3)6-7-17(21)4/h10-13,15-18,22H,6-9,14H2,1-5H3;9-12,14-17H,13H2,1-8H3;8-11,13-17H,12H2,1-7H3;7-10,12-15H,11H2,1-6H3;6-11,13-15H,12H2,1-5H3/q5*+1. The van der Waals surface area contributed by atoms with Crippen LogP contribution in [0.5, 0.6) is 0 Å². The summed E-state index contributed by atoms with van der Waals surface area (Å²) in [7, 11) is 10.8. The molecule has 0 N–H and O–H groups in total. The number of nitrogens with zero attached hydrogens (tertiary/aromatic N) is 5.